The molecule has 1 saturated heterocycles. The molecule has 3 aromatic rings. The maximum Gasteiger partial charge on any atom is 0.230 e. The lowest BCUT2D eigenvalue weighted by Crippen LogP contribution is -2.51. The molecule has 1 heterocycles. The molecule has 1 amide bonds. The van der Waals surface area contributed by atoms with Gasteiger partial charge >= 0.3 is 0 Å². The number of carbonyl (C=O) groups is 1. The van der Waals surface area contributed by atoms with E-state index in [1.807, 2.05) is 18.2 Å². The van der Waals surface area contributed by atoms with E-state index in [4.69, 9.17) is 0 Å². The molecule has 154 valence electrons. The zero-order valence-corrected chi connectivity index (χ0v) is 17.7. The second-order valence-electron chi connectivity index (χ2n) is 7.96. The summed E-state index contributed by atoms with van der Waals surface area (Å²) in [4.78, 5) is 17.8. The lowest BCUT2D eigenvalue weighted by molar-refractivity contribution is -0.134. The average Bonchev–Trinajstić information content (AvgIpc) is 2.82. The topological polar surface area (TPSA) is 23.6 Å². The molecule has 1 aliphatic rings. The van der Waals surface area contributed by atoms with Gasteiger partial charge in [-0.1, -0.05) is 97.9 Å². The smallest absolute Gasteiger partial charge is 0.230 e. The van der Waals surface area contributed by atoms with E-state index in [1.54, 1.807) is 0 Å². The summed E-state index contributed by atoms with van der Waals surface area (Å²) in [7, 11) is 0. The van der Waals surface area contributed by atoms with Crippen LogP contribution in [0.5, 0.6) is 0 Å². The van der Waals surface area contributed by atoms with E-state index in [0.717, 1.165) is 38.2 Å². The predicted molar refractivity (Wildman–Crippen MR) is 122 cm³/mol. The van der Waals surface area contributed by atoms with E-state index >= 15 is 0 Å². The first-order valence-electron chi connectivity index (χ1n) is 11.0. The van der Waals surface area contributed by atoms with E-state index in [-0.39, 0.29) is 17.9 Å². The Labute approximate surface area is 180 Å². The van der Waals surface area contributed by atoms with Crippen LogP contribution in [0, 0.1) is 0 Å². The Balaban J connectivity index is 1.49. The molecule has 0 unspecified atom stereocenters. The standard InChI is InChI=1S/C27H30N2O/c1-2-25(22-12-6-3-7-13-22)27(30)29-20-18-28(19-21-29)26(23-14-8-4-9-15-23)24-16-10-5-11-17-24/h3-17,25-26H,2,18-21H2,1H3/t25-/m1/s1. The minimum Gasteiger partial charge on any atom is -0.340 e. The lowest BCUT2D eigenvalue weighted by Gasteiger charge is -2.40. The molecular weight excluding hydrogens is 368 g/mol. The van der Waals surface area contributed by atoms with Gasteiger partial charge in [-0.15, -0.1) is 0 Å². The minimum atomic E-state index is -0.0446. The van der Waals surface area contributed by atoms with Gasteiger partial charge in [-0.05, 0) is 23.1 Å². The van der Waals surface area contributed by atoms with Crippen molar-refractivity contribution >= 4 is 5.91 Å². The van der Waals surface area contributed by atoms with Crippen molar-refractivity contribution in [3.8, 4) is 0 Å². The molecule has 4 rings (SSSR count). The third-order valence-corrected chi connectivity index (χ3v) is 6.13. The van der Waals surface area contributed by atoms with Gasteiger partial charge < -0.3 is 4.90 Å². The molecule has 30 heavy (non-hydrogen) atoms. The molecule has 3 nitrogen and oxygen atoms in total. The number of amides is 1. The second kappa shape index (κ2) is 9.73. The third-order valence-electron chi connectivity index (χ3n) is 6.13. The molecule has 1 atom stereocenters. The number of rotatable bonds is 6. The van der Waals surface area contributed by atoms with Crippen molar-refractivity contribution in [2.75, 3.05) is 26.2 Å². The van der Waals surface area contributed by atoms with E-state index in [0.29, 0.717) is 0 Å². The van der Waals surface area contributed by atoms with Crippen molar-refractivity contribution in [1.82, 2.24) is 9.80 Å². The fourth-order valence-corrected chi connectivity index (χ4v) is 4.54. The summed E-state index contributed by atoms with van der Waals surface area (Å²) in [6, 6.07) is 31.8. The third kappa shape index (κ3) is 4.47. The quantitative estimate of drug-likeness (QED) is 0.576. The zero-order chi connectivity index (χ0) is 20.8. The summed E-state index contributed by atoms with van der Waals surface area (Å²) in [6.45, 7) is 5.42. The molecular formula is C27H30N2O. The van der Waals surface area contributed by atoms with Gasteiger partial charge in [-0.2, -0.15) is 0 Å². The van der Waals surface area contributed by atoms with Crippen molar-refractivity contribution in [3.05, 3.63) is 108 Å². The van der Waals surface area contributed by atoms with Crippen LogP contribution in [0.4, 0.5) is 0 Å². The Bertz CT molecular complexity index is 879. The second-order valence-corrected chi connectivity index (χ2v) is 7.96. The SMILES string of the molecule is CC[C@@H](C(=O)N1CCN(C(c2ccccc2)c2ccccc2)CC1)c1ccccc1. The fourth-order valence-electron chi connectivity index (χ4n) is 4.54. The van der Waals surface area contributed by atoms with Crippen LogP contribution in [0.1, 0.15) is 42.0 Å². The molecule has 0 aliphatic carbocycles. The number of hydrogen-bond donors (Lipinski definition) is 0. The average molecular weight is 399 g/mol. The molecule has 0 saturated carbocycles. The summed E-state index contributed by atoms with van der Waals surface area (Å²) >= 11 is 0. The highest BCUT2D eigenvalue weighted by molar-refractivity contribution is 5.83. The predicted octanol–water partition coefficient (Wildman–Crippen LogP) is 5.11. The molecule has 0 N–H and O–H groups in total. The Morgan fingerprint density at radius 1 is 0.700 bits per heavy atom. The van der Waals surface area contributed by atoms with Crippen LogP contribution in [0.2, 0.25) is 0 Å². The van der Waals surface area contributed by atoms with Gasteiger partial charge in [0.15, 0.2) is 0 Å². The largest absolute Gasteiger partial charge is 0.340 e. The molecule has 0 spiro atoms. The van der Waals surface area contributed by atoms with Crippen LogP contribution in [0.25, 0.3) is 0 Å². The first kappa shape index (κ1) is 20.4. The van der Waals surface area contributed by atoms with Gasteiger partial charge in [-0.25, -0.2) is 0 Å². The Morgan fingerprint density at radius 3 is 1.57 bits per heavy atom. The lowest BCUT2D eigenvalue weighted by atomic mass is 9.94. The Morgan fingerprint density at radius 2 is 1.13 bits per heavy atom. The van der Waals surface area contributed by atoms with Crippen LogP contribution in [-0.4, -0.2) is 41.9 Å². The molecule has 3 aromatic carbocycles. The van der Waals surface area contributed by atoms with Crippen molar-refractivity contribution < 1.29 is 4.79 Å². The highest BCUT2D eigenvalue weighted by atomic mass is 16.2. The number of benzene rings is 3. The minimum absolute atomic E-state index is 0.0446. The Kier molecular flexibility index (Phi) is 6.60. The number of carbonyl (C=O) groups excluding carboxylic acids is 1. The van der Waals surface area contributed by atoms with E-state index in [1.165, 1.54) is 11.1 Å². The number of hydrogen-bond acceptors (Lipinski definition) is 2. The summed E-state index contributed by atoms with van der Waals surface area (Å²) < 4.78 is 0. The van der Waals surface area contributed by atoms with Crippen LogP contribution in [0.3, 0.4) is 0 Å². The normalized spacial score (nSPS) is 15.9. The van der Waals surface area contributed by atoms with E-state index in [9.17, 15) is 4.79 Å². The zero-order valence-electron chi connectivity index (χ0n) is 17.7. The van der Waals surface area contributed by atoms with Gasteiger partial charge in [0.05, 0.1) is 12.0 Å². The number of piperazine rings is 1. The van der Waals surface area contributed by atoms with Gasteiger partial charge in [0, 0.05) is 26.2 Å². The van der Waals surface area contributed by atoms with Gasteiger partial charge in [0.2, 0.25) is 5.91 Å². The first-order chi connectivity index (χ1) is 14.8. The van der Waals surface area contributed by atoms with Crippen molar-refractivity contribution in [2.45, 2.75) is 25.3 Å². The highest BCUT2D eigenvalue weighted by Gasteiger charge is 2.30. The molecule has 3 heteroatoms. The van der Waals surface area contributed by atoms with Crippen molar-refractivity contribution in [2.24, 2.45) is 0 Å². The molecule has 0 radical (unpaired) electrons. The summed E-state index contributed by atoms with van der Waals surface area (Å²) in [5, 5.41) is 0. The first-order valence-corrected chi connectivity index (χ1v) is 11.0. The summed E-state index contributed by atoms with van der Waals surface area (Å²) in [5.41, 5.74) is 3.73. The summed E-state index contributed by atoms with van der Waals surface area (Å²) in [6.07, 6.45) is 0.833. The maximum absolute atomic E-state index is 13.3. The fraction of sp³-hybridized carbons (Fsp3) is 0.296. The van der Waals surface area contributed by atoms with Gasteiger partial charge in [0.25, 0.3) is 0 Å². The van der Waals surface area contributed by atoms with Gasteiger partial charge in [-0.3, -0.25) is 9.69 Å². The summed E-state index contributed by atoms with van der Waals surface area (Å²) in [5.74, 6) is 0.219. The van der Waals surface area contributed by atoms with E-state index in [2.05, 4.69) is 89.5 Å². The van der Waals surface area contributed by atoms with Crippen LogP contribution in [0.15, 0.2) is 91.0 Å². The highest BCUT2D eigenvalue weighted by Crippen LogP contribution is 2.30. The van der Waals surface area contributed by atoms with Crippen LogP contribution < -0.4 is 0 Å². The van der Waals surface area contributed by atoms with Crippen LogP contribution in [-0.2, 0) is 4.79 Å². The monoisotopic (exact) mass is 398 g/mol. The molecule has 0 bridgehead atoms. The maximum atomic E-state index is 13.3. The van der Waals surface area contributed by atoms with E-state index < -0.39 is 0 Å². The Hall–Kier alpha value is -2.91. The van der Waals surface area contributed by atoms with Crippen molar-refractivity contribution in [1.29, 1.82) is 0 Å². The molecule has 1 aliphatic heterocycles. The molecule has 0 aromatic heterocycles. The van der Waals surface area contributed by atoms with Gasteiger partial charge in [0.1, 0.15) is 0 Å². The van der Waals surface area contributed by atoms with Crippen molar-refractivity contribution in [3.63, 3.8) is 0 Å². The number of nitrogens with zero attached hydrogens (tertiary/aromatic N) is 2. The molecule has 1 fully saturated rings. The van der Waals surface area contributed by atoms with Crippen LogP contribution >= 0.6 is 0 Å².